The monoisotopic (exact) mass is 388 g/mol. The van der Waals surface area contributed by atoms with Crippen LogP contribution in [-0.4, -0.2) is 67.0 Å². The minimum Gasteiger partial charge on any atom is -0.497 e. The van der Waals surface area contributed by atoms with Crippen molar-refractivity contribution in [3.8, 4) is 11.5 Å². The number of ether oxygens (including phenoxy) is 3. The molecule has 0 bridgehead atoms. The third-order valence-electron chi connectivity index (χ3n) is 4.50. The molecule has 0 atom stereocenters. The highest BCUT2D eigenvalue weighted by Gasteiger charge is 2.26. The lowest BCUT2D eigenvalue weighted by atomic mass is 10.1. The van der Waals surface area contributed by atoms with Gasteiger partial charge in [-0.25, -0.2) is 0 Å². The summed E-state index contributed by atoms with van der Waals surface area (Å²) in [4.78, 5) is 27.5. The molecule has 1 aromatic heterocycles. The topological polar surface area (TPSA) is 94.9 Å². The second kappa shape index (κ2) is 8.75. The summed E-state index contributed by atoms with van der Waals surface area (Å²) in [6, 6.07) is 4.89. The van der Waals surface area contributed by atoms with Crippen molar-refractivity contribution in [1.29, 1.82) is 0 Å². The number of aromatic nitrogens is 2. The van der Waals surface area contributed by atoms with Gasteiger partial charge in [0.25, 0.3) is 11.8 Å². The number of rotatable bonds is 6. The van der Waals surface area contributed by atoms with Gasteiger partial charge in [0.05, 0.1) is 39.3 Å². The molecule has 1 aliphatic rings. The Morgan fingerprint density at radius 1 is 1.14 bits per heavy atom. The number of nitrogens with zero attached hydrogens (tertiary/aromatic N) is 3. The van der Waals surface area contributed by atoms with E-state index >= 15 is 0 Å². The van der Waals surface area contributed by atoms with Gasteiger partial charge < -0.3 is 24.4 Å². The summed E-state index contributed by atoms with van der Waals surface area (Å²) in [5.41, 5.74) is 1.07. The van der Waals surface area contributed by atoms with Gasteiger partial charge in [-0.2, -0.15) is 5.10 Å². The number of hydrogen-bond acceptors (Lipinski definition) is 6. The Bertz CT molecular complexity index is 836. The van der Waals surface area contributed by atoms with Gasteiger partial charge in [0.2, 0.25) is 0 Å². The molecule has 150 valence electrons. The summed E-state index contributed by atoms with van der Waals surface area (Å²) in [6.45, 7) is 4.41. The van der Waals surface area contributed by atoms with Crippen LogP contribution < -0.4 is 14.8 Å². The first-order valence-electron chi connectivity index (χ1n) is 9.04. The lowest BCUT2D eigenvalue weighted by molar-refractivity contribution is 0.0295. The van der Waals surface area contributed by atoms with Gasteiger partial charge >= 0.3 is 0 Å². The highest BCUT2D eigenvalue weighted by atomic mass is 16.5. The maximum absolute atomic E-state index is 13.0. The first-order valence-corrected chi connectivity index (χ1v) is 9.04. The molecule has 0 radical (unpaired) electrons. The first-order chi connectivity index (χ1) is 13.6. The van der Waals surface area contributed by atoms with Crippen LogP contribution in [0.25, 0.3) is 0 Å². The fourth-order valence-electron chi connectivity index (χ4n) is 2.99. The molecule has 0 spiro atoms. The predicted octanol–water partition coefficient (Wildman–Crippen LogP) is 1.64. The second-order valence-electron chi connectivity index (χ2n) is 6.18. The number of anilines is 1. The quantitative estimate of drug-likeness (QED) is 0.809. The Labute approximate surface area is 163 Å². The molecule has 2 heterocycles. The molecule has 0 aliphatic carbocycles. The molecule has 1 fully saturated rings. The van der Waals surface area contributed by atoms with Crippen molar-refractivity contribution in [2.75, 3.05) is 45.8 Å². The van der Waals surface area contributed by atoms with E-state index in [1.807, 2.05) is 6.92 Å². The molecule has 1 saturated heterocycles. The number of hydrogen-bond donors (Lipinski definition) is 1. The second-order valence-corrected chi connectivity index (χ2v) is 6.18. The van der Waals surface area contributed by atoms with Crippen molar-refractivity contribution >= 4 is 17.5 Å². The van der Waals surface area contributed by atoms with Gasteiger partial charge in [0, 0.05) is 31.3 Å². The van der Waals surface area contributed by atoms with Crippen molar-refractivity contribution < 1.29 is 23.8 Å². The highest BCUT2D eigenvalue weighted by molar-refractivity contribution is 6.08. The zero-order chi connectivity index (χ0) is 20.1. The average molecular weight is 388 g/mol. The first kappa shape index (κ1) is 19.7. The third kappa shape index (κ3) is 4.09. The molecular weight excluding hydrogens is 364 g/mol. The Balaban J connectivity index is 1.87. The van der Waals surface area contributed by atoms with Crippen LogP contribution in [0.2, 0.25) is 0 Å². The summed E-state index contributed by atoms with van der Waals surface area (Å²) in [5, 5.41) is 7.03. The van der Waals surface area contributed by atoms with Crippen molar-refractivity contribution in [1.82, 2.24) is 14.7 Å². The van der Waals surface area contributed by atoms with Crippen LogP contribution in [0.3, 0.4) is 0 Å². The van der Waals surface area contributed by atoms with Crippen molar-refractivity contribution in [3.05, 3.63) is 35.7 Å². The zero-order valence-corrected chi connectivity index (χ0v) is 16.2. The van der Waals surface area contributed by atoms with Crippen LogP contribution in [0.15, 0.2) is 24.4 Å². The van der Waals surface area contributed by atoms with Crippen LogP contribution in [0, 0.1) is 0 Å². The van der Waals surface area contributed by atoms with Gasteiger partial charge in [0.15, 0.2) is 0 Å². The minimum atomic E-state index is -0.385. The largest absolute Gasteiger partial charge is 0.497 e. The Kier molecular flexibility index (Phi) is 6.15. The molecule has 0 saturated carbocycles. The molecule has 1 aliphatic heterocycles. The lowest BCUT2D eigenvalue weighted by Gasteiger charge is -2.27. The fourth-order valence-corrected chi connectivity index (χ4v) is 2.99. The van der Waals surface area contributed by atoms with E-state index in [1.165, 1.54) is 20.4 Å². The average Bonchev–Trinajstić information content (AvgIpc) is 3.15. The number of amides is 2. The number of benzene rings is 1. The molecule has 1 N–H and O–H groups in total. The van der Waals surface area contributed by atoms with Crippen LogP contribution in [-0.2, 0) is 11.3 Å². The number of carbonyl (C=O) groups excluding carboxylic acids is 2. The van der Waals surface area contributed by atoms with Gasteiger partial charge in [-0.1, -0.05) is 0 Å². The molecule has 9 nitrogen and oxygen atoms in total. The van der Waals surface area contributed by atoms with E-state index in [0.29, 0.717) is 61.3 Å². The fraction of sp³-hybridized carbons (Fsp3) is 0.421. The van der Waals surface area contributed by atoms with Gasteiger partial charge in [-0.3, -0.25) is 14.3 Å². The van der Waals surface area contributed by atoms with Gasteiger partial charge in [-0.05, 0) is 19.1 Å². The van der Waals surface area contributed by atoms with E-state index in [1.54, 1.807) is 27.8 Å². The van der Waals surface area contributed by atoms with Crippen LogP contribution in [0.1, 0.15) is 27.8 Å². The third-order valence-corrected chi connectivity index (χ3v) is 4.50. The van der Waals surface area contributed by atoms with E-state index in [-0.39, 0.29) is 11.8 Å². The highest BCUT2D eigenvalue weighted by Crippen LogP contribution is 2.24. The standard InChI is InChI=1S/C19H24N4O5/c1-4-23-17(19(25)22-5-7-28-8-6-22)16(12-20-23)21-18(24)13-9-14(26-2)11-15(10-13)27-3/h9-12H,4-8H2,1-3H3,(H,21,24). The van der Waals surface area contributed by atoms with Crippen LogP contribution >= 0.6 is 0 Å². The molecule has 2 amide bonds. The molecule has 3 rings (SSSR count). The molecule has 9 heteroatoms. The molecule has 1 aromatic carbocycles. The van der Waals surface area contributed by atoms with Crippen molar-refractivity contribution in [2.24, 2.45) is 0 Å². The summed E-state index contributed by atoms with van der Waals surface area (Å²) in [6.07, 6.45) is 1.49. The SMILES string of the molecule is CCn1ncc(NC(=O)c2cc(OC)cc(OC)c2)c1C(=O)N1CCOCC1. The molecule has 0 unspecified atom stereocenters. The Morgan fingerprint density at radius 2 is 1.79 bits per heavy atom. The number of nitrogens with one attached hydrogen (secondary N) is 1. The van der Waals surface area contributed by atoms with E-state index < -0.39 is 0 Å². The van der Waals surface area contributed by atoms with E-state index in [9.17, 15) is 9.59 Å². The maximum atomic E-state index is 13.0. The number of aryl methyl sites for hydroxylation is 1. The van der Waals surface area contributed by atoms with E-state index in [2.05, 4.69) is 10.4 Å². The minimum absolute atomic E-state index is 0.179. The number of methoxy groups -OCH3 is 2. The normalized spacial score (nSPS) is 13.9. The predicted molar refractivity (Wildman–Crippen MR) is 102 cm³/mol. The lowest BCUT2D eigenvalue weighted by Crippen LogP contribution is -2.41. The summed E-state index contributed by atoms with van der Waals surface area (Å²) < 4.78 is 17.3. The van der Waals surface area contributed by atoms with Crippen LogP contribution in [0.5, 0.6) is 11.5 Å². The number of morpholine rings is 1. The summed E-state index contributed by atoms with van der Waals surface area (Å²) in [5.74, 6) is 0.432. The molecule has 2 aromatic rings. The molecule has 28 heavy (non-hydrogen) atoms. The Morgan fingerprint density at radius 3 is 2.36 bits per heavy atom. The summed E-state index contributed by atoms with van der Waals surface area (Å²) >= 11 is 0. The zero-order valence-electron chi connectivity index (χ0n) is 16.2. The Hall–Kier alpha value is -3.07. The van der Waals surface area contributed by atoms with Gasteiger partial charge in [0.1, 0.15) is 17.2 Å². The number of carbonyl (C=O) groups is 2. The molecular formula is C19H24N4O5. The summed E-state index contributed by atoms with van der Waals surface area (Å²) in [7, 11) is 3.03. The van der Waals surface area contributed by atoms with Crippen LogP contribution in [0.4, 0.5) is 5.69 Å². The van der Waals surface area contributed by atoms with Crippen molar-refractivity contribution in [3.63, 3.8) is 0 Å². The van der Waals surface area contributed by atoms with E-state index in [4.69, 9.17) is 14.2 Å². The maximum Gasteiger partial charge on any atom is 0.274 e. The van der Waals surface area contributed by atoms with Crippen molar-refractivity contribution in [2.45, 2.75) is 13.5 Å². The smallest absolute Gasteiger partial charge is 0.274 e. The van der Waals surface area contributed by atoms with E-state index in [0.717, 1.165) is 0 Å². The van der Waals surface area contributed by atoms with Gasteiger partial charge in [-0.15, -0.1) is 0 Å².